The number of nitrogens with zero attached hydrogens (tertiary/aromatic N) is 2. The molecule has 3 heterocycles. The molecule has 0 saturated heterocycles. The number of aliphatic hydroxyl groups excluding tert-OH is 1. The van der Waals surface area contributed by atoms with Crippen molar-refractivity contribution in [2.24, 2.45) is 0 Å². The van der Waals surface area contributed by atoms with Crippen LogP contribution in [0.4, 0.5) is 0 Å². The average Bonchev–Trinajstić information content (AvgIpc) is 3.51. The summed E-state index contributed by atoms with van der Waals surface area (Å²) in [5.41, 5.74) is 5.19. The van der Waals surface area contributed by atoms with Crippen molar-refractivity contribution in [2.75, 3.05) is 6.54 Å². The Morgan fingerprint density at radius 3 is 2.67 bits per heavy atom. The molecule has 5 rings (SSSR count). The molecule has 2 aromatic carbocycles. The van der Waals surface area contributed by atoms with E-state index >= 15 is 0 Å². The molecule has 3 aromatic heterocycles. The monoisotopic (exact) mass is 499 g/mol. The highest BCUT2D eigenvalue weighted by molar-refractivity contribution is 7.17. The molecule has 0 aliphatic carbocycles. The quantitative estimate of drug-likeness (QED) is 0.281. The zero-order valence-electron chi connectivity index (χ0n) is 20.4. The maximum atomic E-state index is 13.2. The maximum absolute atomic E-state index is 13.2. The van der Waals surface area contributed by atoms with Gasteiger partial charge in [0.1, 0.15) is 16.4 Å². The van der Waals surface area contributed by atoms with Crippen molar-refractivity contribution in [3.05, 3.63) is 111 Å². The normalized spacial score (nSPS) is 12.4. The standard InChI is InChI=1S/C29H29N3O3S/c1-19-10-11-20(2)24(13-19)25-18-36-29-27(25)28(34)30-26(31-29)17-32(16-23-9-6-12-35-23)15-22(33)14-21-7-4-3-5-8-21/h3-13,18,22,33H,14-17H2,1-2H3,(H,30,31,34). The second kappa shape index (κ2) is 10.6. The molecule has 6 nitrogen and oxygen atoms in total. The molecule has 0 spiro atoms. The van der Waals surface area contributed by atoms with Crippen LogP contribution in [0.15, 0.2) is 81.5 Å². The molecule has 0 saturated carbocycles. The molecule has 0 aliphatic heterocycles. The minimum absolute atomic E-state index is 0.144. The van der Waals surface area contributed by atoms with Crippen LogP contribution in [0.3, 0.4) is 0 Å². The van der Waals surface area contributed by atoms with Crippen LogP contribution in [0, 0.1) is 13.8 Å². The predicted molar refractivity (Wildman–Crippen MR) is 144 cm³/mol. The number of furan rings is 1. The number of thiophene rings is 1. The SMILES string of the molecule is Cc1ccc(C)c(-c2csc3nc(CN(Cc4ccco4)CC(O)Cc4ccccc4)[nH]c(=O)c23)c1. The van der Waals surface area contributed by atoms with Gasteiger partial charge in [-0.15, -0.1) is 11.3 Å². The Morgan fingerprint density at radius 1 is 1.06 bits per heavy atom. The Kier molecular flexibility index (Phi) is 7.13. The highest BCUT2D eigenvalue weighted by Crippen LogP contribution is 2.33. The van der Waals surface area contributed by atoms with Crippen LogP contribution in [-0.4, -0.2) is 32.6 Å². The van der Waals surface area contributed by atoms with E-state index < -0.39 is 6.10 Å². The van der Waals surface area contributed by atoms with Crippen LogP contribution in [0.25, 0.3) is 21.3 Å². The molecule has 36 heavy (non-hydrogen) atoms. The highest BCUT2D eigenvalue weighted by atomic mass is 32.1. The lowest BCUT2D eigenvalue weighted by atomic mass is 9.99. The first kappa shape index (κ1) is 24.2. The van der Waals surface area contributed by atoms with Gasteiger partial charge >= 0.3 is 0 Å². The Hall–Kier alpha value is -3.52. The van der Waals surface area contributed by atoms with Crippen molar-refractivity contribution >= 4 is 21.6 Å². The molecule has 1 unspecified atom stereocenters. The Labute approximate surface area is 213 Å². The number of nitrogens with one attached hydrogen (secondary N) is 1. The molecular weight excluding hydrogens is 470 g/mol. The molecule has 5 aromatic rings. The molecule has 1 atom stereocenters. The van der Waals surface area contributed by atoms with Gasteiger partial charge in [0.05, 0.1) is 30.8 Å². The zero-order chi connectivity index (χ0) is 25.1. The van der Waals surface area contributed by atoms with E-state index in [4.69, 9.17) is 9.40 Å². The predicted octanol–water partition coefficient (Wildman–Crippen LogP) is 5.47. The summed E-state index contributed by atoms with van der Waals surface area (Å²) in [5, 5.41) is 13.5. The lowest BCUT2D eigenvalue weighted by Gasteiger charge is -2.24. The number of benzene rings is 2. The van der Waals surface area contributed by atoms with E-state index in [1.54, 1.807) is 6.26 Å². The first-order valence-corrected chi connectivity index (χ1v) is 12.9. The van der Waals surface area contributed by atoms with E-state index in [2.05, 4.69) is 41.9 Å². The maximum Gasteiger partial charge on any atom is 0.260 e. The van der Waals surface area contributed by atoms with Crippen LogP contribution in [0.5, 0.6) is 0 Å². The fourth-order valence-electron chi connectivity index (χ4n) is 4.56. The largest absolute Gasteiger partial charge is 0.468 e. The summed E-state index contributed by atoms with van der Waals surface area (Å²) in [6.45, 7) is 5.40. The van der Waals surface area contributed by atoms with Gasteiger partial charge in [0.2, 0.25) is 0 Å². The number of hydrogen-bond donors (Lipinski definition) is 2. The fourth-order valence-corrected chi connectivity index (χ4v) is 5.52. The molecule has 0 bridgehead atoms. The van der Waals surface area contributed by atoms with Gasteiger partial charge < -0.3 is 14.5 Å². The number of aromatic nitrogens is 2. The second-order valence-corrected chi connectivity index (χ2v) is 10.1. The fraction of sp³-hybridized carbons (Fsp3) is 0.241. The summed E-state index contributed by atoms with van der Waals surface area (Å²) in [6, 6.07) is 20.0. The summed E-state index contributed by atoms with van der Waals surface area (Å²) in [5.74, 6) is 1.36. The first-order valence-electron chi connectivity index (χ1n) is 12.0. The van der Waals surface area contributed by atoms with Crippen molar-refractivity contribution < 1.29 is 9.52 Å². The molecule has 0 amide bonds. The van der Waals surface area contributed by atoms with Gasteiger partial charge in [-0.3, -0.25) is 9.69 Å². The topological polar surface area (TPSA) is 82.4 Å². The van der Waals surface area contributed by atoms with Gasteiger partial charge in [0.25, 0.3) is 5.56 Å². The Bertz CT molecular complexity index is 1510. The van der Waals surface area contributed by atoms with Crippen LogP contribution in [-0.2, 0) is 19.5 Å². The zero-order valence-corrected chi connectivity index (χ0v) is 21.2. The molecule has 0 fully saturated rings. The number of aryl methyl sites for hydroxylation is 2. The second-order valence-electron chi connectivity index (χ2n) is 9.25. The van der Waals surface area contributed by atoms with E-state index in [1.165, 1.54) is 11.3 Å². The summed E-state index contributed by atoms with van der Waals surface area (Å²) in [4.78, 5) is 23.8. The molecule has 7 heteroatoms. The number of fused-ring (bicyclic) bond motifs is 1. The molecule has 2 N–H and O–H groups in total. The number of hydrogen-bond acceptors (Lipinski definition) is 6. The number of rotatable bonds is 9. The lowest BCUT2D eigenvalue weighted by Crippen LogP contribution is -2.34. The highest BCUT2D eigenvalue weighted by Gasteiger charge is 2.19. The van der Waals surface area contributed by atoms with Crippen LogP contribution in [0.1, 0.15) is 28.3 Å². The molecular formula is C29H29N3O3S. The van der Waals surface area contributed by atoms with Crippen LogP contribution in [0.2, 0.25) is 0 Å². The van der Waals surface area contributed by atoms with Crippen LogP contribution < -0.4 is 5.56 Å². The van der Waals surface area contributed by atoms with Gasteiger partial charge in [-0.25, -0.2) is 4.98 Å². The third-order valence-electron chi connectivity index (χ3n) is 6.29. The van der Waals surface area contributed by atoms with E-state index in [0.29, 0.717) is 42.1 Å². The van der Waals surface area contributed by atoms with E-state index in [-0.39, 0.29) is 5.56 Å². The van der Waals surface area contributed by atoms with Gasteiger partial charge in [-0.2, -0.15) is 0 Å². The average molecular weight is 500 g/mol. The summed E-state index contributed by atoms with van der Waals surface area (Å²) < 4.78 is 5.56. The van der Waals surface area contributed by atoms with E-state index in [0.717, 1.165) is 33.6 Å². The number of aliphatic hydroxyl groups is 1. The van der Waals surface area contributed by atoms with Gasteiger partial charge in [0, 0.05) is 17.5 Å². The van der Waals surface area contributed by atoms with Gasteiger partial charge in [0.15, 0.2) is 0 Å². The van der Waals surface area contributed by atoms with Gasteiger partial charge in [-0.05, 0) is 49.1 Å². The molecule has 0 radical (unpaired) electrons. The van der Waals surface area contributed by atoms with Crippen molar-refractivity contribution in [3.8, 4) is 11.1 Å². The summed E-state index contributed by atoms with van der Waals surface area (Å²) >= 11 is 1.48. The smallest absolute Gasteiger partial charge is 0.260 e. The Morgan fingerprint density at radius 2 is 1.89 bits per heavy atom. The minimum atomic E-state index is -0.574. The van der Waals surface area contributed by atoms with Crippen molar-refractivity contribution in [1.29, 1.82) is 0 Å². The van der Waals surface area contributed by atoms with Crippen molar-refractivity contribution in [1.82, 2.24) is 14.9 Å². The third kappa shape index (κ3) is 5.49. The van der Waals surface area contributed by atoms with Gasteiger partial charge in [-0.1, -0.05) is 54.1 Å². The van der Waals surface area contributed by atoms with Crippen molar-refractivity contribution in [3.63, 3.8) is 0 Å². The third-order valence-corrected chi connectivity index (χ3v) is 7.16. The number of H-pyrrole nitrogens is 1. The van der Waals surface area contributed by atoms with E-state index in [9.17, 15) is 9.90 Å². The molecule has 184 valence electrons. The van der Waals surface area contributed by atoms with E-state index in [1.807, 2.05) is 47.8 Å². The van der Waals surface area contributed by atoms with Crippen LogP contribution >= 0.6 is 11.3 Å². The first-order chi connectivity index (χ1) is 17.5. The minimum Gasteiger partial charge on any atom is -0.468 e. The molecule has 0 aliphatic rings. The summed E-state index contributed by atoms with van der Waals surface area (Å²) in [7, 11) is 0. The summed E-state index contributed by atoms with van der Waals surface area (Å²) in [6.07, 6.45) is 1.61. The van der Waals surface area contributed by atoms with Crippen molar-refractivity contribution in [2.45, 2.75) is 39.5 Å². The number of aromatic amines is 1. The lowest BCUT2D eigenvalue weighted by molar-refractivity contribution is 0.0988. The Balaban J connectivity index is 1.41.